The molecule has 6 nitrogen and oxygen atoms in total. The maximum atomic E-state index is 12.9. The second-order valence-corrected chi connectivity index (χ2v) is 7.22. The monoisotopic (exact) mass is 432 g/mol. The zero-order valence-corrected chi connectivity index (χ0v) is 18.3. The molecule has 0 saturated heterocycles. The average molecular weight is 433 g/mol. The summed E-state index contributed by atoms with van der Waals surface area (Å²) in [6.45, 7) is 2.37. The molecule has 0 heterocycles. The van der Waals surface area contributed by atoms with Gasteiger partial charge < -0.3 is 20.1 Å². The predicted molar refractivity (Wildman–Crippen MR) is 125 cm³/mol. The fourth-order valence-electron chi connectivity index (χ4n) is 3.20. The summed E-state index contributed by atoms with van der Waals surface area (Å²) in [5.41, 5.74) is 2.01. The highest BCUT2D eigenvalue weighted by molar-refractivity contribution is 6.04. The highest BCUT2D eigenvalue weighted by Crippen LogP contribution is 2.20. The van der Waals surface area contributed by atoms with E-state index in [9.17, 15) is 9.59 Å². The predicted octanol–water partition coefficient (Wildman–Crippen LogP) is 4.46. The Morgan fingerprint density at radius 1 is 0.875 bits per heavy atom. The number of carbonyl (C=O) groups excluding carboxylic acids is 2. The van der Waals surface area contributed by atoms with E-state index in [1.165, 1.54) is 0 Å². The van der Waals surface area contributed by atoms with Crippen molar-refractivity contribution in [2.45, 2.75) is 25.9 Å². The summed E-state index contributed by atoms with van der Waals surface area (Å²) in [5, 5.41) is 5.77. The van der Waals surface area contributed by atoms with Gasteiger partial charge >= 0.3 is 0 Å². The van der Waals surface area contributed by atoms with Crippen LogP contribution in [0.2, 0.25) is 0 Å². The van der Waals surface area contributed by atoms with Gasteiger partial charge in [-0.3, -0.25) is 9.59 Å². The molecule has 0 aromatic heterocycles. The molecule has 3 rings (SSSR count). The van der Waals surface area contributed by atoms with E-state index in [1.54, 1.807) is 55.6 Å². The van der Waals surface area contributed by atoms with Crippen LogP contribution in [0.15, 0.2) is 78.9 Å². The number of rotatable bonds is 10. The maximum absolute atomic E-state index is 12.9. The minimum absolute atomic E-state index is 0.235. The first kappa shape index (κ1) is 22.9. The van der Waals surface area contributed by atoms with E-state index in [4.69, 9.17) is 9.47 Å². The van der Waals surface area contributed by atoms with E-state index in [-0.39, 0.29) is 11.8 Å². The van der Waals surface area contributed by atoms with Gasteiger partial charge in [-0.1, -0.05) is 49.4 Å². The quantitative estimate of drug-likeness (QED) is 0.496. The van der Waals surface area contributed by atoms with Crippen LogP contribution in [-0.4, -0.2) is 31.6 Å². The van der Waals surface area contributed by atoms with Gasteiger partial charge in [0.25, 0.3) is 11.8 Å². The number of carbonyl (C=O) groups is 2. The Morgan fingerprint density at radius 2 is 1.53 bits per heavy atom. The third-order valence-corrected chi connectivity index (χ3v) is 4.97. The minimum atomic E-state index is -0.697. The second-order valence-electron chi connectivity index (χ2n) is 7.22. The SMILES string of the molecule is CC[C@@H](Oc1ccc(OC)cc1)C(=O)Nc1ccccc1C(=O)NCCc1ccccc1. The highest BCUT2D eigenvalue weighted by atomic mass is 16.5. The van der Waals surface area contributed by atoms with Gasteiger partial charge in [0, 0.05) is 6.54 Å². The molecule has 2 amide bonds. The molecule has 0 aliphatic rings. The standard InChI is InChI=1S/C26H28N2O4/c1-3-24(32-21-15-13-20(31-2)14-16-21)26(30)28-23-12-8-7-11-22(23)25(29)27-18-17-19-9-5-4-6-10-19/h4-16,24H,3,17-18H2,1-2H3,(H,27,29)(H,28,30)/t24-/m1/s1. The number of hydrogen-bond acceptors (Lipinski definition) is 4. The van der Waals surface area contributed by atoms with Crippen LogP contribution in [0.25, 0.3) is 0 Å². The van der Waals surface area contributed by atoms with Crippen molar-refractivity contribution in [1.29, 1.82) is 0 Å². The van der Waals surface area contributed by atoms with Crippen LogP contribution in [0.4, 0.5) is 5.69 Å². The zero-order valence-electron chi connectivity index (χ0n) is 18.3. The number of nitrogens with one attached hydrogen (secondary N) is 2. The van der Waals surface area contributed by atoms with Crippen LogP contribution in [0.3, 0.4) is 0 Å². The lowest BCUT2D eigenvalue weighted by Crippen LogP contribution is -2.33. The number of anilines is 1. The number of methoxy groups -OCH3 is 1. The van der Waals surface area contributed by atoms with Crippen molar-refractivity contribution in [2.24, 2.45) is 0 Å². The Kier molecular flexibility index (Phi) is 8.26. The summed E-state index contributed by atoms with van der Waals surface area (Å²) in [4.78, 5) is 25.6. The van der Waals surface area contributed by atoms with Crippen LogP contribution < -0.4 is 20.1 Å². The number of benzene rings is 3. The van der Waals surface area contributed by atoms with Gasteiger partial charge in [0.2, 0.25) is 0 Å². The molecule has 1 atom stereocenters. The van der Waals surface area contributed by atoms with Crippen molar-refractivity contribution in [2.75, 3.05) is 19.0 Å². The molecule has 0 fully saturated rings. The van der Waals surface area contributed by atoms with Crippen molar-refractivity contribution in [3.63, 3.8) is 0 Å². The number of amides is 2. The summed E-state index contributed by atoms with van der Waals surface area (Å²) < 4.78 is 11.0. The first-order chi connectivity index (χ1) is 15.6. The molecule has 166 valence electrons. The van der Waals surface area contributed by atoms with E-state index in [1.807, 2.05) is 37.3 Å². The van der Waals surface area contributed by atoms with Crippen LogP contribution >= 0.6 is 0 Å². The van der Waals surface area contributed by atoms with E-state index in [0.29, 0.717) is 35.7 Å². The molecule has 0 spiro atoms. The Hall–Kier alpha value is -3.80. The van der Waals surface area contributed by atoms with E-state index in [0.717, 1.165) is 12.0 Å². The third kappa shape index (κ3) is 6.35. The largest absolute Gasteiger partial charge is 0.497 e. The molecule has 0 aliphatic heterocycles. The fourth-order valence-corrected chi connectivity index (χ4v) is 3.20. The first-order valence-electron chi connectivity index (χ1n) is 10.6. The molecule has 3 aromatic rings. The number of para-hydroxylation sites is 1. The summed E-state index contributed by atoms with van der Waals surface area (Å²) in [7, 11) is 1.59. The normalized spacial score (nSPS) is 11.3. The lowest BCUT2D eigenvalue weighted by molar-refractivity contribution is -0.122. The van der Waals surface area contributed by atoms with Crippen molar-refractivity contribution < 1.29 is 19.1 Å². The van der Waals surface area contributed by atoms with Crippen LogP contribution in [0.5, 0.6) is 11.5 Å². The third-order valence-electron chi connectivity index (χ3n) is 4.97. The Bertz CT molecular complexity index is 1020. The maximum Gasteiger partial charge on any atom is 0.265 e. The van der Waals surface area contributed by atoms with Crippen LogP contribution in [0, 0.1) is 0 Å². The molecule has 0 unspecified atom stereocenters. The van der Waals surface area contributed by atoms with Crippen LogP contribution in [0.1, 0.15) is 29.3 Å². The molecule has 32 heavy (non-hydrogen) atoms. The van der Waals surface area contributed by atoms with Crippen molar-refractivity contribution in [3.8, 4) is 11.5 Å². The number of hydrogen-bond donors (Lipinski definition) is 2. The summed E-state index contributed by atoms with van der Waals surface area (Å²) >= 11 is 0. The lowest BCUT2D eigenvalue weighted by Gasteiger charge is -2.18. The van der Waals surface area contributed by atoms with E-state index in [2.05, 4.69) is 10.6 Å². The van der Waals surface area contributed by atoms with Crippen molar-refractivity contribution in [3.05, 3.63) is 90.0 Å². The van der Waals surface area contributed by atoms with Gasteiger partial charge in [0.15, 0.2) is 6.10 Å². The van der Waals surface area contributed by atoms with Gasteiger partial charge in [-0.25, -0.2) is 0 Å². The zero-order chi connectivity index (χ0) is 22.8. The van der Waals surface area contributed by atoms with E-state index >= 15 is 0 Å². The number of ether oxygens (including phenoxy) is 2. The molecule has 2 N–H and O–H groups in total. The van der Waals surface area contributed by atoms with Crippen LogP contribution in [-0.2, 0) is 11.2 Å². The fraction of sp³-hybridized carbons (Fsp3) is 0.231. The smallest absolute Gasteiger partial charge is 0.265 e. The summed E-state index contributed by atoms with van der Waals surface area (Å²) in [6, 6.07) is 24.0. The van der Waals surface area contributed by atoms with Crippen molar-refractivity contribution >= 4 is 17.5 Å². The highest BCUT2D eigenvalue weighted by Gasteiger charge is 2.21. The summed E-state index contributed by atoms with van der Waals surface area (Å²) in [6.07, 6.45) is 0.510. The first-order valence-corrected chi connectivity index (χ1v) is 10.6. The Labute approximate surface area is 188 Å². The summed E-state index contributed by atoms with van der Waals surface area (Å²) in [5.74, 6) is 0.732. The topological polar surface area (TPSA) is 76.7 Å². The van der Waals surface area contributed by atoms with Gasteiger partial charge in [0.05, 0.1) is 18.4 Å². The van der Waals surface area contributed by atoms with Crippen molar-refractivity contribution in [1.82, 2.24) is 5.32 Å². The van der Waals surface area contributed by atoms with Gasteiger partial charge in [-0.2, -0.15) is 0 Å². The Balaban J connectivity index is 1.61. The van der Waals surface area contributed by atoms with Gasteiger partial charge in [-0.15, -0.1) is 0 Å². The lowest BCUT2D eigenvalue weighted by atomic mass is 10.1. The molecule has 0 aliphatic carbocycles. The molecular formula is C26H28N2O4. The molecule has 0 radical (unpaired) electrons. The Morgan fingerprint density at radius 3 is 2.22 bits per heavy atom. The van der Waals surface area contributed by atoms with E-state index < -0.39 is 6.10 Å². The molecule has 6 heteroatoms. The average Bonchev–Trinajstić information content (AvgIpc) is 2.83. The second kappa shape index (κ2) is 11.6. The van der Waals surface area contributed by atoms with Gasteiger partial charge in [0.1, 0.15) is 11.5 Å². The molecule has 0 bridgehead atoms. The molecule has 0 saturated carbocycles. The minimum Gasteiger partial charge on any atom is -0.497 e. The molecular weight excluding hydrogens is 404 g/mol. The van der Waals surface area contributed by atoms with Gasteiger partial charge in [-0.05, 0) is 54.8 Å². The molecule has 3 aromatic carbocycles.